The van der Waals surface area contributed by atoms with Crippen LogP contribution in [0.5, 0.6) is 0 Å². The Morgan fingerprint density at radius 3 is 2.17 bits per heavy atom. The Bertz CT molecular complexity index is 117. The van der Waals surface area contributed by atoms with Crippen molar-refractivity contribution in [3.63, 3.8) is 0 Å². The number of rotatable bonds is 3. The maximum atomic E-state index is 3.40. The molecule has 1 N–H and O–H groups in total. The normalized spacial score (nSPS) is 23.0. The van der Waals surface area contributed by atoms with Gasteiger partial charge in [-0.15, -0.1) is 0 Å². The topological polar surface area (TPSA) is 15.3 Å². The highest BCUT2D eigenvalue weighted by Crippen LogP contribution is 2.26. The molecule has 0 radical (unpaired) electrons. The predicted molar refractivity (Wildman–Crippen MR) is 53.1 cm³/mol. The van der Waals surface area contributed by atoms with Crippen LogP contribution in [0, 0.1) is 5.92 Å². The van der Waals surface area contributed by atoms with Crippen LogP contribution in [0.4, 0.5) is 0 Å². The van der Waals surface area contributed by atoms with Crippen LogP contribution in [0.2, 0.25) is 0 Å². The molecule has 1 saturated carbocycles. The summed E-state index contributed by atoms with van der Waals surface area (Å²) in [5.41, 5.74) is 0. The minimum atomic E-state index is 0.588. The molecule has 12 heavy (non-hydrogen) atoms. The van der Waals surface area contributed by atoms with Crippen molar-refractivity contribution >= 4 is 0 Å². The van der Waals surface area contributed by atoms with Crippen LogP contribution in [0.15, 0.2) is 0 Å². The van der Waals surface area contributed by atoms with Crippen molar-refractivity contribution in [3.05, 3.63) is 0 Å². The van der Waals surface area contributed by atoms with Gasteiger partial charge in [-0.1, -0.05) is 19.3 Å². The van der Waals surface area contributed by atoms with Gasteiger partial charge in [-0.05, 0) is 39.9 Å². The van der Waals surface area contributed by atoms with E-state index in [1.54, 1.807) is 0 Å². The quantitative estimate of drug-likeness (QED) is 0.648. The van der Waals surface area contributed by atoms with Crippen LogP contribution < -0.4 is 5.32 Å². The van der Waals surface area contributed by atoms with Gasteiger partial charge in [-0.3, -0.25) is 4.90 Å². The zero-order valence-electron chi connectivity index (χ0n) is 8.64. The van der Waals surface area contributed by atoms with Gasteiger partial charge in [-0.2, -0.15) is 0 Å². The molecule has 0 amide bonds. The summed E-state index contributed by atoms with van der Waals surface area (Å²) in [7, 11) is 6.39. The molecule has 0 spiro atoms. The smallest absolute Gasteiger partial charge is 0.0618 e. The Morgan fingerprint density at radius 2 is 1.75 bits per heavy atom. The largest absolute Gasteiger partial charge is 0.305 e. The van der Waals surface area contributed by atoms with E-state index in [0.29, 0.717) is 6.17 Å². The first-order valence-electron chi connectivity index (χ1n) is 5.09. The van der Waals surface area contributed by atoms with Gasteiger partial charge in [0.1, 0.15) is 0 Å². The van der Waals surface area contributed by atoms with Gasteiger partial charge in [-0.25, -0.2) is 0 Å². The predicted octanol–water partition coefficient (Wildman–Crippen LogP) is 1.67. The zero-order chi connectivity index (χ0) is 8.97. The summed E-state index contributed by atoms with van der Waals surface area (Å²) in [5, 5.41) is 3.40. The summed E-state index contributed by atoms with van der Waals surface area (Å²) in [6.07, 6.45) is 7.70. The van der Waals surface area contributed by atoms with E-state index in [9.17, 15) is 0 Å². The standard InChI is InChI=1S/C10H22N2/c1-11-10(12(2)3)9-7-5-4-6-8-9/h9-11H,4-8H2,1-3H3. The summed E-state index contributed by atoms with van der Waals surface area (Å²) in [6.45, 7) is 0. The van der Waals surface area contributed by atoms with Crippen molar-refractivity contribution in [1.82, 2.24) is 10.2 Å². The molecule has 0 saturated heterocycles. The molecule has 1 aliphatic carbocycles. The van der Waals surface area contributed by atoms with Gasteiger partial charge in [0.05, 0.1) is 6.17 Å². The van der Waals surface area contributed by atoms with E-state index in [1.165, 1.54) is 32.1 Å². The number of hydrogen-bond acceptors (Lipinski definition) is 2. The first kappa shape index (κ1) is 10.0. The van der Waals surface area contributed by atoms with Gasteiger partial charge >= 0.3 is 0 Å². The molecular weight excluding hydrogens is 148 g/mol. The van der Waals surface area contributed by atoms with E-state index >= 15 is 0 Å². The summed E-state index contributed by atoms with van der Waals surface area (Å²) in [6, 6.07) is 0. The Balaban J connectivity index is 2.40. The molecule has 0 aromatic heterocycles. The van der Waals surface area contributed by atoms with Crippen molar-refractivity contribution < 1.29 is 0 Å². The molecule has 1 aliphatic rings. The minimum absolute atomic E-state index is 0.588. The van der Waals surface area contributed by atoms with Crippen molar-refractivity contribution in [2.45, 2.75) is 38.3 Å². The van der Waals surface area contributed by atoms with Crippen molar-refractivity contribution in [1.29, 1.82) is 0 Å². The fourth-order valence-electron chi connectivity index (χ4n) is 2.37. The van der Waals surface area contributed by atoms with Crippen LogP contribution in [0.3, 0.4) is 0 Å². The fraction of sp³-hybridized carbons (Fsp3) is 1.00. The summed E-state index contributed by atoms with van der Waals surface area (Å²) >= 11 is 0. The molecule has 1 atom stereocenters. The van der Waals surface area contributed by atoms with E-state index in [-0.39, 0.29) is 0 Å². The third-order valence-electron chi connectivity index (χ3n) is 2.95. The highest BCUT2D eigenvalue weighted by Gasteiger charge is 2.23. The third-order valence-corrected chi connectivity index (χ3v) is 2.95. The lowest BCUT2D eigenvalue weighted by Gasteiger charge is -2.34. The SMILES string of the molecule is CNC(C1CCCCC1)N(C)C. The van der Waals surface area contributed by atoms with Gasteiger partial charge in [0.25, 0.3) is 0 Å². The fourth-order valence-corrected chi connectivity index (χ4v) is 2.37. The molecule has 0 bridgehead atoms. The van der Waals surface area contributed by atoms with Gasteiger partial charge in [0.15, 0.2) is 0 Å². The second-order valence-corrected chi connectivity index (χ2v) is 4.10. The van der Waals surface area contributed by atoms with Crippen LogP contribution in [0.25, 0.3) is 0 Å². The molecule has 72 valence electrons. The van der Waals surface area contributed by atoms with Crippen molar-refractivity contribution in [2.24, 2.45) is 5.92 Å². The Labute approximate surface area is 76.3 Å². The number of hydrogen-bond donors (Lipinski definition) is 1. The van der Waals surface area contributed by atoms with Gasteiger partial charge < -0.3 is 5.32 Å². The third kappa shape index (κ3) is 2.46. The lowest BCUT2D eigenvalue weighted by atomic mass is 9.86. The van der Waals surface area contributed by atoms with E-state index in [1.807, 2.05) is 0 Å². The first-order valence-corrected chi connectivity index (χ1v) is 5.09. The zero-order valence-corrected chi connectivity index (χ0v) is 8.64. The second-order valence-electron chi connectivity index (χ2n) is 4.10. The van der Waals surface area contributed by atoms with Crippen LogP contribution in [-0.4, -0.2) is 32.2 Å². The molecule has 0 aromatic rings. The van der Waals surface area contributed by atoms with Gasteiger partial charge in [0.2, 0.25) is 0 Å². The monoisotopic (exact) mass is 170 g/mol. The van der Waals surface area contributed by atoms with Crippen LogP contribution >= 0.6 is 0 Å². The summed E-state index contributed by atoms with van der Waals surface area (Å²) in [5.74, 6) is 0.874. The molecule has 0 aromatic carbocycles. The van der Waals surface area contributed by atoms with E-state index in [4.69, 9.17) is 0 Å². The average molecular weight is 170 g/mol. The molecule has 2 nitrogen and oxygen atoms in total. The lowest BCUT2D eigenvalue weighted by molar-refractivity contribution is 0.146. The minimum Gasteiger partial charge on any atom is -0.305 e. The molecule has 1 unspecified atom stereocenters. The van der Waals surface area contributed by atoms with E-state index in [2.05, 4.69) is 31.4 Å². The number of nitrogens with zero attached hydrogens (tertiary/aromatic N) is 1. The summed E-state index contributed by atoms with van der Waals surface area (Å²) in [4.78, 5) is 2.30. The highest BCUT2D eigenvalue weighted by atomic mass is 15.2. The van der Waals surface area contributed by atoms with Crippen molar-refractivity contribution in [3.8, 4) is 0 Å². The average Bonchev–Trinajstić information content (AvgIpc) is 2.07. The lowest BCUT2D eigenvalue weighted by Crippen LogP contribution is -2.45. The summed E-state index contributed by atoms with van der Waals surface area (Å²) < 4.78 is 0. The van der Waals surface area contributed by atoms with Crippen LogP contribution in [0.1, 0.15) is 32.1 Å². The maximum absolute atomic E-state index is 3.40. The van der Waals surface area contributed by atoms with Crippen LogP contribution in [-0.2, 0) is 0 Å². The molecule has 0 aliphatic heterocycles. The second kappa shape index (κ2) is 4.83. The molecular formula is C10H22N2. The molecule has 0 heterocycles. The van der Waals surface area contributed by atoms with Crippen molar-refractivity contribution in [2.75, 3.05) is 21.1 Å². The van der Waals surface area contributed by atoms with E-state index in [0.717, 1.165) is 5.92 Å². The highest BCUT2D eigenvalue weighted by molar-refractivity contribution is 4.76. The Kier molecular flexibility index (Phi) is 4.02. The maximum Gasteiger partial charge on any atom is 0.0618 e. The first-order chi connectivity index (χ1) is 5.75. The van der Waals surface area contributed by atoms with E-state index < -0.39 is 0 Å². The Morgan fingerprint density at radius 1 is 1.17 bits per heavy atom. The van der Waals surface area contributed by atoms with Gasteiger partial charge in [0, 0.05) is 0 Å². The molecule has 1 fully saturated rings. The molecule has 2 heteroatoms. The molecule has 1 rings (SSSR count). The Hall–Kier alpha value is -0.0800. The number of nitrogens with one attached hydrogen (secondary N) is 1.